The predicted molar refractivity (Wildman–Crippen MR) is 59.1 cm³/mol. The zero-order chi connectivity index (χ0) is 14.9. The summed E-state index contributed by atoms with van der Waals surface area (Å²) in [5, 5.41) is 29.4. The van der Waals surface area contributed by atoms with Crippen LogP contribution in [0.15, 0.2) is 0 Å². The lowest BCUT2D eigenvalue weighted by Gasteiger charge is -1.96. The molecular formula is C8H10Cl2O8. The Morgan fingerprint density at radius 3 is 1.00 bits per heavy atom. The van der Waals surface area contributed by atoms with Gasteiger partial charge in [-0.15, -0.1) is 23.2 Å². The highest BCUT2D eigenvalue weighted by atomic mass is 35.5. The maximum Gasteiger partial charge on any atom is 0.322 e. The normalized spacial score (nSPS) is 12.6. The number of halogens is 2. The second-order valence-electron chi connectivity index (χ2n) is 2.81. The Morgan fingerprint density at radius 1 is 0.722 bits per heavy atom. The van der Waals surface area contributed by atoms with Gasteiger partial charge in [0.05, 0.1) is 12.8 Å². The molecule has 10 heteroatoms. The van der Waals surface area contributed by atoms with Crippen molar-refractivity contribution in [3.63, 3.8) is 0 Å². The van der Waals surface area contributed by atoms with Gasteiger partial charge in [-0.3, -0.25) is 19.2 Å². The molecule has 0 aliphatic rings. The van der Waals surface area contributed by atoms with Crippen molar-refractivity contribution in [1.29, 1.82) is 0 Å². The monoisotopic (exact) mass is 304 g/mol. The Morgan fingerprint density at radius 2 is 0.944 bits per heavy atom. The summed E-state index contributed by atoms with van der Waals surface area (Å²) in [6.07, 6.45) is -1.09. The molecule has 0 spiro atoms. The van der Waals surface area contributed by atoms with Gasteiger partial charge in [0.25, 0.3) is 0 Å². The van der Waals surface area contributed by atoms with Crippen LogP contribution in [0.3, 0.4) is 0 Å². The number of hydrogen-bond donors (Lipinski definition) is 4. The summed E-state index contributed by atoms with van der Waals surface area (Å²) in [6, 6.07) is 0. The molecule has 0 amide bonds. The lowest BCUT2D eigenvalue weighted by molar-refractivity contribution is -0.143. The van der Waals surface area contributed by atoms with Crippen LogP contribution in [-0.2, 0) is 19.2 Å². The van der Waals surface area contributed by atoms with Crippen LogP contribution in [0.25, 0.3) is 0 Å². The Bertz CT molecular complexity index is 297. The third kappa shape index (κ3) is 12.5. The molecule has 0 rings (SSSR count). The largest absolute Gasteiger partial charge is 0.481 e. The number of alkyl halides is 2. The van der Waals surface area contributed by atoms with E-state index < -0.39 is 47.5 Å². The van der Waals surface area contributed by atoms with Crippen LogP contribution >= 0.6 is 23.2 Å². The highest BCUT2D eigenvalue weighted by molar-refractivity contribution is 6.30. The minimum absolute atomic E-state index is 0.545. The molecule has 18 heavy (non-hydrogen) atoms. The van der Waals surface area contributed by atoms with Crippen LogP contribution in [0.5, 0.6) is 0 Å². The van der Waals surface area contributed by atoms with Gasteiger partial charge in [-0.1, -0.05) is 0 Å². The summed E-state index contributed by atoms with van der Waals surface area (Å²) >= 11 is 10.1. The van der Waals surface area contributed by atoms with Gasteiger partial charge in [0.15, 0.2) is 0 Å². The second kappa shape index (κ2) is 9.49. The van der Waals surface area contributed by atoms with E-state index in [1.807, 2.05) is 0 Å². The molecule has 2 unspecified atom stereocenters. The molecule has 2 atom stereocenters. The summed E-state index contributed by atoms with van der Waals surface area (Å²) in [6.45, 7) is 0. The van der Waals surface area contributed by atoms with E-state index in [0.29, 0.717) is 0 Å². The zero-order valence-electron chi connectivity index (χ0n) is 8.75. The molecule has 8 nitrogen and oxygen atoms in total. The van der Waals surface area contributed by atoms with Gasteiger partial charge in [-0.05, 0) is 0 Å². The van der Waals surface area contributed by atoms with Crippen molar-refractivity contribution < 1.29 is 39.6 Å². The van der Waals surface area contributed by atoms with Gasteiger partial charge < -0.3 is 20.4 Å². The predicted octanol–water partition coefficient (Wildman–Crippen LogP) is 0.306. The Balaban J connectivity index is 0. The molecule has 0 aromatic carbocycles. The maximum atomic E-state index is 9.84. The van der Waals surface area contributed by atoms with Crippen molar-refractivity contribution in [2.24, 2.45) is 0 Å². The molecule has 0 saturated carbocycles. The average Bonchev–Trinajstić information content (AvgIpc) is 2.16. The molecular weight excluding hydrogens is 295 g/mol. The molecule has 0 fully saturated rings. The van der Waals surface area contributed by atoms with Gasteiger partial charge in [0.2, 0.25) is 0 Å². The van der Waals surface area contributed by atoms with Gasteiger partial charge >= 0.3 is 23.9 Å². The number of carbonyl (C=O) groups is 4. The number of carboxylic acids is 4. The van der Waals surface area contributed by atoms with Gasteiger partial charge in [0.1, 0.15) is 10.8 Å². The highest BCUT2D eigenvalue weighted by Gasteiger charge is 2.17. The standard InChI is InChI=1S/2C4H5ClO4/c2*5-2(4(8)9)1-3(6)7/h2*2H,1H2,(H,6,7)(H,8,9). The molecule has 0 heterocycles. The lowest BCUT2D eigenvalue weighted by Crippen LogP contribution is -2.17. The summed E-state index contributed by atoms with van der Waals surface area (Å²) in [7, 11) is 0. The van der Waals surface area contributed by atoms with Gasteiger partial charge in [-0.2, -0.15) is 0 Å². The third-order valence-electron chi connectivity index (χ3n) is 1.24. The van der Waals surface area contributed by atoms with Crippen molar-refractivity contribution in [2.75, 3.05) is 0 Å². The van der Waals surface area contributed by atoms with Crippen LogP contribution in [0.2, 0.25) is 0 Å². The Labute approximate surface area is 111 Å². The average molecular weight is 305 g/mol. The van der Waals surface area contributed by atoms with E-state index in [1.54, 1.807) is 0 Å². The van der Waals surface area contributed by atoms with E-state index in [0.717, 1.165) is 0 Å². The van der Waals surface area contributed by atoms with E-state index >= 15 is 0 Å². The smallest absolute Gasteiger partial charge is 0.322 e. The second-order valence-corrected chi connectivity index (χ2v) is 3.86. The van der Waals surface area contributed by atoms with Gasteiger partial charge in [0, 0.05) is 0 Å². The van der Waals surface area contributed by atoms with E-state index in [9.17, 15) is 19.2 Å². The van der Waals surface area contributed by atoms with Crippen molar-refractivity contribution in [1.82, 2.24) is 0 Å². The molecule has 0 aliphatic heterocycles. The van der Waals surface area contributed by atoms with Gasteiger partial charge in [-0.25, -0.2) is 0 Å². The molecule has 0 aromatic rings. The summed E-state index contributed by atoms with van der Waals surface area (Å²) < 4.78 is 0. The van der Waals surface area contributed by atoms with Crippen LogP contribution in [-0.4, -0.2) is 55.1 Å². The fraction of sp³-hybridized carbons (Fsp3) is 0.500. The first-order valence-corrected chi connectivity index (χ1v) is 5.12. The third-order valence-corrected chi connectivity index (χ3v) is 1.93. The first-order chi connectivity index (χ1) is 8.07. The molecule has 0 radical (unpaired) electrons. The van der Waals surface area contributed by atoms with Crippen molar-refractivity contribution in [3.05, 3.63) is 0 Å². The van der Waals surface area contributed by atoms with Crippen LogP contribution in [0, 0.1) is 0 Å². The molecule has 4 N–H and O–H groups in total. The van der Waals surface area contributed by atoms with E-state index in [-0.39, 0.29) is 0 Å². The number of hydrogen-bond acceptors (Lipinski definition) is 4. The molecule has 104 valence electrons. The first-order valence-electron chi connectivity index (χ1n) is 4.25. The minimum Gasteiger partial charge on any atom is -0.481 e. The molecule has 0 bridgehead atoms. The number of carboxylic acid groups (broad SMARTS) is 4. The lowest BCUT2D eigenvalue weighted by atomic mass is 10.3. The molecule has 0 saturated heterocycles. The minimum atomic E-state index is -1.32. The van der Waals surface area contributed by atoms with E-state index in [2.05, 4.69) is 0 Å². The van der Waals surface area contributed by atoms with Crippen molar-refractivity contribution >= 4 is 47.1 Å². The van der Waals surface area contributed by atoms with Crippen molar-refractivity contribution in [3.8, 4) is 0 Å². The quantitative estimate of drug-likeness (QED) is 0.512. The topological polar surface area (TPSA) is 149 Å². The van der Waals surface area contributed by atoms with Crippen LogP contribution < -0.4 is 0 Å². The summed E-state index contributed by atoms with van der Waals surface area (Å²) in [4.78, 5) is 39.2. The van der Waals surface area contributed by atoms with E-state index in [1.165, 1.54) is 0 Å². The summed E-state index contributed by atoms with van der Waals surface area (Å²) in [5.41, 5.74) is 0. The summed E-state index contributed by atoms with van der Waals surface area (Å²) in [5.74, 6) is -5.03. The Kier molecular flexibility index (Phi) is 9.92. The molecule has 0 aromatic heterocycles. The molecule has 0 aliphatic carbocycles. The maximum absolute atomic E-state index is 9.84. The fourth-order valence-electron chi connectivity index (χ4n) is 0.481. The first kappa shape index (κ1) is 18.8. The van der Waals surface area contributed by atoms with Crippen molar-refractivity contribution in [2.45, 2.75) is 23.6 Å². The number of rotatable bonds is 6. The van der Waals surface area contributed by atoms with Crippen LogP contribution in [0.1, 0.15) is 12.8 Å². The zero-order valence-corrected chi connectivity index (χ0v) is 10.3. The SMILES string of the molecule is O=C(O)CC(Cl)C(=O)O.O=C(O)CC(Cl)C(=O)O. The number of aliphatic carboxylic acids is 4. The fourth-order valence-corrected chi connectivity index (χ4v) is 0.745. The van der Waals surface area contributed by atoms with E-state index in [4.69, 9.17) is 43.6 Å². The highest BCUT2D eigenvalue weighted by Crippen LogP contribution is 2.01. The Hall–Kier alpha value is -1.54. The van der Waals surface area contributed by atoms with Crippen LogP contribution in [0.4, 0.5) is 0 Å².